The van der Waals surface area contributed by atoms with E-state index >= 15 is 0 Å². The molecule has 2 aliphatic rings. The van der Waals surface area contributed by atoms with Crippen molar-refractivity contribution >= 4 is 32.8 Å². The molecule has 3 aromatic rings. The largest absolute Gasteiger partial charge is 0.450 e. The summed E-state index contributed by atoms with van der Waals surface area (Å²) in [7, 11) is 0. The van der Waals surface area contributed by atoms with Crippen LogP contribution in [0.4, 0.5) is 0 Å². The van der Waals surface area contributed by atoms with E-state index < -0.39 is 6.04 Å². The van der Waals surface area contributed by atoms with E-state index in [1.165, 1.54) is 0 Å². The van der Waals surface area contributed by atoms with E-state index in [4.69, 9.17) is 9.15 Å². The Morgan fingerprint density at radius 1 is 1.00 bits per heavy atom. The number of amides is 1. The fraction of sp³-hybridized carbons (Fsp3) is 0.304. The van der Waals surface area contributed by atoms with Gasteiger partial charge >= 0.3 is 0 Å². The maximum atomic E-state index is 13.4. The van der Waals surface area contributed by atoms with Gasteiger partial charge in [0.05, 0.1) is 30.2 Å². The molecule has 7 heteroatoms. The van der Waals surface area contributed by atoms with Crippen LogP contribution in [-0.4, -0.2) is 55.1 Å². The Kier molecular flexibility index (Phi) is 5.18. The minimum atomic E-state index is -0.466. The van der Waals surface area contributed by atoms with Crippen molar-refractivity contribution in [3.63, 3.8) is 0 Å². The van der Waals surface area contributed by atoms with E-state index in [1.807, 2.05) is 30.3 Å². The van der Waals surface area contributed by atoms with Crippen LogP contribution >= 0.6 is 15.9 Å². The summed E-state index contributed by atoms with van der Waals surface area (Å²) in [5.74, 6) is -0.0725. The van der Waals surface area contributed by atoms with Crippen LogP contribution in [0.5, 0.6) is 0 Å². The summed E-state index contributed by atoms with van der Waals surface area (Å²) in [5.41, 5.74) is 1.62. The molecule has 1 amide bonds. The molecular weight excluding hydrogens is 448 g/mol. The standard InChI is InChI=1S/C23H21BrN2O4/c24-16-5-3-4-15(14-16)20-19-21(27)17-6-1-2-7-18(17)30-22(19)23(28)26(20)9-8-25-10-12-29-13-11-25/h1-7,14,20H,8-13H2. The van der Waals surface area contributed by atoms with Crippen molar-refractivity contribution in [1.82, 2.24) is 9.80 Å². The van der Waals surface area contributed by atoms with Gasteiger partial charge in [-0.2, -0.15) is 0 Å². The number of hydrogen-bond donors (Lipinski definition) is 0. The molecule has 0 N–H and O–H groups in total. The molecule has 30 heavy (non-hydrogen) atoms. The molecule has 1 fully saturated rings. The highest BCUT2D eigenvalue weighted by atomic mass is 79.9. The summed E-state index contributed by atoms with van der Waals surface area (Å²) < 4.78 is 12.3. The highest BCUT2D eigenvalue weighted by Crippen LogP contribution is 2.38. The zero-order valence-corrected chi connectivity index (χ0v) is 17.9. The Hall–Kier alpha value is -2.48. The number of carbonyl (C=O) groups is 1. The van der Waals surface area contributed by atoms with Crippen molar-refractivity contribution in [2.45, 2.75) is 6.04 Å². The summed E-state index contributed by atoms with van der Waals surface area (Å²) >= 11 is 3.52. The number of hydrogen-bond acceptors (Lipinski definition) is 5. The molecule has 1 unspecified atom stereocenters. The van der Waals surface area contributed by atoms with Gasteiger partial charge in [0.15, 0.2) is 5.43 Å². The summed E-state index contributed by atoms with van der Waals surface area (Å²) in [6, 6.07) is 14.4. The zero-order chi connectivity index (χ0) is 20.7. The third-order valence-corrected chi connectivity index (χ3v) is 6.29. The average Bonchev–Trinajstić information content (AvgIpc) is 3.05. The molecule has 0 bridgehead atoms. The van der Waals surface area contributed by atoms with Crippen LogP contribution in [0, 0.1) is 0 Å². The fourth-order valence-electron chi connectivity index (χ4n) is 4.29. The second kappa shape index (κ2) is 7.98. The Morgan fingerprint density at radius 3 is 2.60 bits per heavy atom. The maximum absolute atomic E-state index is 13.4. The van der Waals surface area contributed by atoms with Crippen molar-refractivity contribution in [2.75, 3.05) is 39.4 Å². The molecule has 0 radical (unpaired) electrons. The van der Waals surface area contributed by atoms with Crippen LogP contribution in [0.25, 0.3) is 11.0 Å². The summed E-state index contributed by atoms with van der Waals surface area (Å²) in [4.78, 5) is 30.8. The van der Waals surface area contributed by atoms with Crippen molar-refractivity contribution in [1.29, 1.82) is 0 Å². The first-order valence-electron chi connectivity index (χ1n) is 10.1. The second-order valence-electron chi connectivity index (χ2n) is 7.58. The first-order valence-corrected chi connectivity index (χ1v) is 10.8. The minimum Gasteiger partial charge on any atom is -0.450 e. The van der Waals surface area contributed by atoms with Gasteiger partial charge in [-0.15, -0.1) is 0 Å². The highest BCUT2D eigenvalue weighted by Gasteiger charge is 2.42. The number of halogens is 1. The monoisotopic (exact) mass is 468 g/mol. The number of ether oxygens (including phenoxy) is 1. The lowest BCUT2D eigenvalue weighted by Gasteiger charge is -2.31. The van der Waals surface area contributed by atoms with Gasteiger partial charge in [0.25, 0.3) is 5.91 Å². The lowest BCUT2D eigenvalue weighted by atomic mass is 9.98. The molecule has 1 atom stereocenters. The zero-order valence-electron chi connectivity index (χ0n) is 16.3. The van der Waals surface area contributed by atoms with E-state index in [9.17, 15) is 9.59 Å². The number of rotatable bonds is 4. The first-order chi connectivity index (χ1) is 14.6. The Bertz CT molecular complexity index is 1170. The van der Waals surface area contributed by atoms with Gasteiger partial charge in [-0.05, 0) is 29.8 Å². The smallest absolute Gasteiger partial charge is 0.290 e. The van der Waals surface area contributed by atoms with Crippen LogP contribution < -0.4 is 5.43 Å². The molecule has 0 aliphatic carbocycles. The Labute approximate surface area is 182 Å². The van der Waals surface area contributed by atoms with Crippen molar-refractivity contribution in [2.24, 2.45) is 0 Å². The average molecular weight is 469 g/mol. The van der Waals surface area contributed by atoms with Gasteiger partial charge in [0.1, 0.15) is 5.58 Å². The third kappa shape index (κ3) is 3.37. The SMILES string of the molecule is O=C1c2oc3ccccc3c(=O)c2C(c2cccc(Br)c2)N1CCN1CCOCC1. The van der Waals surface area contributed by atoms with Crippen LogP contribution in [0.1, 0.15) is 27.7 Å². The number of morpholine rings is 1. The van der Waals surface area contributed by atoms with E-state index in [0.29, 0.717) is 36.3 Å². The lowest BCUT2D eigenvalue weighted by molar-refractivity contribution is 0.0314. The second-order valence-corrected chi connectivity index (χ2v) is 8.50. The van der Waals surface area contributed by atoms with Gasteiger partial charge < -0.3 is 14.1 Å². The molecule has 2 aromatic carbocycles. The first kappa shape index (κ1) is 19.5. The lowest BCUT2D eigenvalue weighted by Crippen LogP contribution is -2.42. The molecule has 0 spiro atoms. The van der Waals surface area contributed by atoms with Crippen LogP contribution in [0.15, 0.2) is 62.2 Å². The van der Waals surface area contributed by atoms with Crippen molar-refractivity contribution < 1.29 is 13.9 Å². The quantitative estimate of drug-likeness (QED) is 0.586. The summed E-state index contributed by atoms with van der Waals surface area (Å²) in [5, 5.41) is 0.499. The summed E-state index contributed by atoms with van der Waals surface area (Å²) in [6.45, 7) is 4.33. The highest BCUT2D eigenvalue weighted by molar-refractivity contribution is 9.10. The van der Waals surface area contributed by atoms with Gasteiger partial charge in [0, 0.05) is 30.7 Å². The number of carbonyl (C=O) groups excluding carboxylic acids is 1. The Balaban J connectivity index is 1.60. The van der Waals surface area contributed by atoms with Crippen molar-refractivity contribution in [3.05, 3.63) is 80.1 Å². The summed E-state index contributed by atoms with van der Waals surface area (Å²) in [6.07, 6.45) is 0. The molecule has 0 saturated carbocycles. The van der Waals surface area contributed by atoms with E-state index in [-0.39, 0.29) is 17.1 Å². The van der Waals surface area contributed by atoms with Crippen LogP contribution in [0.2, 0.25) is 0 Å². The molecule has 5 rings (SSSR count). The number of nitrogens with zero attached hydrogens (tertiary/aromatic N) is 2. The van der Waals surface area contributed by atoms with Crippen molar-refractivity contribution in [3.8, 4) is 0 Å². The number of para-hydroxylation sites is 1. The fourth-order valence-corrected chi connectivity index (χ4v) is 4.71. The van der Waals surface area contributed by atoms with E-state index in [0.717, 1.165) is 29.7 Å². The molecule has 3 heterocycles. The molecule has 2 aliphatic heterocycles. The molecule has 1 aromatic heterocycles. The maximum Gasteiger partial charge on any atom is 0.290 e. The van der Waals surface area contributed by atoms with Gasteiger partial charge in [-0.25, -0.2) is 0 Å². The molecule has 6 nitrogen and oxygen atoms in total. The molecule has 154 valence electrons. The van der Waals surface area contributed by atoms with Crippen LogP contribution in [0.3, 0.4) is 0 Å². The predicted octanol–water partition coefficient (Wildman–Crippen LogP) is 3.43. The molecule has 1 saturated heterocycles. The number of fused-ring (bicyclic) bond motifs is 2. The molecular formula is C23H21BrN2O4. The van der Waals surface area contributed by atoms with Gasteiger partial charge in [-0.1, -0.05) is 40.2 Å². The van der Waals surface area contributed by atoms with Gasteiger partial charge in [0.2, 0.25) is 5.76 Å². The van der Waals surface area contributed by atoms with E-state index in [1.54, 1.807) is 23.1 Å². The third-order valence-electron chi connectivity index (χ3n) is 5.80. The normalized spacial score (nSPS) is 19.4. The Morgan fingerprint density at radius 2 is 1.80 bits per heavy atom. The van der Waals surface area contributed by atoms with Crippen LogP contribution in [-0.2, 0) is 4.74 Å². The number of benzene rings is 2. The van der Waals surface area contributed by atoms with Gasteiger partial charge in [-0.3, -0.25) is 14.5 Å². The topological polar surface area (TPSA) is 63.0 Å². The minimum absolute atomic E-state index is 0.140. The predicted molar refractivity (Wildman–Crippen MR) is 117 cm³/mol. The van der Waals surface area contributed by atoms with E-state index in [2.05, 4.69) is 20.8 Å².